The second kappa shape index (κ2) is 4.49. The highest BCUT2D eigenvalue weighted by atomic mass is 16.5. The second-order valence-electron chi connectivity index (χ2n) is 4.92. The van der Waals surface area contributed by atoms with Gasteiger partial charge in [0.1, 0.15) is 0 Å². The molecule has 0 aliphatic carbocycles. The van der Waals surface area contributed by atoms with E-state index in [0.717, 1.165) is 0 Å². The minimum Gasteiger partial charge on any atom is -0.369 e. The zero-order valence-corrected chi connectivity index (χ0v) is 10.1. The number of hydrogen-bond acceptors (Lipinski definition) is 3. The Morgan fingerprint density at radius 2 is 2.27 bits per heavy atom. The molecule has 4 nitrogen and oxygen atoms in total. The first-order valence-electron chi connectivity index (χ1n) is 5.58. The van der Waals surface area contributed by atoms with E-state index < -0.39 is 0 Å². The molecule has 1 heterocycles. The minimum atomic E-state index is -0.369. The third-order valence-electron chi connectivity index (χ3n) is 2.64. The molecule has 1 rings (SSSR count). The number of nitrogens with two attached hydrogens (primary N) is 1. The number of hydrogen-bond donors (Lipinski definition) is 1. The lowest BCUT2D eigenvalue weighted by atomic mass is 10.0. The lowest BCUT2D eigenvalue weighted by Gasteiger charge is -2.42. The average Bonchev–Trinajstić information content (AvgIpc) is 2.12. The highest BCUT2D eigenvalue weighted by Gasteiger charge is 2.34. The van der Waals surface area contributed by atoms with E-state index in [4.69, 9.17) is 10.5 Å². The Kier molecular flexibility index (Phi) is 3.73. The molecule has 0 saturated carbocycles. The quantitative estimate of drug-likeness (QED) is 0.738. The van der Waals surface area contributed by atoms with Crippen molar-refractivity contribution in [1.29, 1.82) is 0 Å². The monoisotopic (exact) mass is 214 g/mol. The minimum absolute atomic E-state index is 0.0423. The average molecular weight is 214 g/mol. The zero-order valence-electron chi connectivity index (χ0n) is 10.1. The molecule has 0 aromatic heterocycles. The summed E-state index contributed by atoms with van der Waals surface area (Å²) in [4.78, 5) is 13.7. The Labute approximate surface area is 91.8 Å². The Balaban J connectivity index is 2.66. The van der Waals surface area contributed by atoms with Gasteiger partial charge in [-0.3, -0.25) is 4.79 Å². The van der Waals surface area contributed by atoms with Crippen molar-refractivity contribution >= 4 is 5.91 Å². The molecule has 1 fully saturated rings. The molecule has 1 saturated heterocycles. The Morgan fingerprint density at radius 3 is 2.73 bits per heavy atom. The van der Waals surface area contributed by atoms with Crippen LogP contribution in [0, 0.1) is 0 Å². The van der Waals surface area contributed by atoms with Gasteiger partial charge in [-0.15, -0.1) is 0 Å². The van der Waals surface area contributed by atoms with Crippen LogP contribution in [0.5, 0.6) is 0 Å². The molecule has 0 radical (unpaired) electrons. The summed E-state index contributed by atoms with van der Waals surface area (Å²) in [7, 11) is 0. The van der Waals surface area contributed by atoms with Crippen LogP contribution in [0.25, 0.3) is 0 Å². The van der Waals surface area contributed by atoms with Crippen LogP contribution in [0.2, 0.25) is 0 Å². The van der Waals surface area contributed by atoms with Gasteiger partial charge in [0, 0.05) is 13.1 Å². The predicted molar refractivity (Wildman–Crippen MR) is 59.5 cm³/mol. The maximum atomic E-state index is 11.9. The van der Waals surface area contributed by atoms with Crippen LogP contribution in [0.15, 0.2) is 0 Å². The van der Waals surface area contributed by atoms with Gasteiger partial charge in [-0.2, -0.15) is 0 Å². The van der Waals surface area contributed by atoms with E-state index >= 15 is 0 Å². The molecule has 0 spiro atoms. The maximum Gasteiger partial charge on any atom is 0.239 e. The van der Waals surface area contributed by atoms with E-state index in [1.807, 2.05) is 32.6 Å². The van der Waals surface area contributed by atoms with Crippen LogP contribution >= 0.6 is 0 Å². The number of rotatable bonds is 2. The van der Waals surface area contributed by atoms with Gasteiger partial charge in [0.25, 0.3) is 0 Å². The van der Waals surface area contributed by atoms with Crippen molar-refractivity contribution in [3.63, 3.8) is 0 Å². The molecular formula is C11H22N2O2. The molecule has 0 bridgehead atoms. The summed E-state index contributed by atoms with van der Waals surface area (Å²) in [6.07, 6.45) is 0.770. The van der Waals surface area contributed by atoms with Crippen molar-refractivity contribution < 1.29 is 9.53 Å². The Bertz CT molecular complexity index is 241. The molecule has 2 N–H and O–H groups in total. The highest BCUT2D eigenvalue weighted by molar-refractivity contribution is 5.81. The van der Waals surface area contributed by atoms with E-state index in [0.29, 0.717) is 19.5 Å². The molecule has 1 aliphatic rings. The second-order valence-corrected chi connectivity index (χ2v) is 4.92. The van der Waals surface area contributed by atoms with Crippen LogP contribution in [0.1, 0.15) is 34.1 Å². The molecule has 0 aromatic carbocycles. The van der Waals surface area contributed by atoms with E-state index in [2.05, 4.69) is 0 Å². The summed E-state index contributed by atoms with van der Waals surface area (Å²) in [5.74, 6) is 0.0423. The summed E-state index contributed by atoms with van der Waals surface area (Å²) in [6.45, 7) is 9.19. The Hall–Kier alpha value is -0.610. The fourth-order valence-electron chi connectivity index (χ4n) is 2.03. The van der Waals surface area contributed by atoms with Crippen molar-refractivity contribution in [1.82, 2.24) is 4.90 Å². The van der Waals surface area contributed by atoms with Gasteiger partial charge in [-0.05, 0) is 27.2 Å². The van der Waals surface area contributed by atoms with Crippen molar-refractivity contribution in [2.75, 3.05) is 13.1 Å². The zero-order chi connectivity index (χ0) is 11.6. The fourth-order valence-corrected chi connectivity index (χ4v) is 2.03. The summed E-state index contributed by atoms with van der Waals surface area (Å²) < 4.78 is 5.73. The van der Waals surface area contributed by atoms with Gasteiger partial charge in [0.05, 0.1) is 17.7 Å². The first-order valence-corrected chi connectivity index (χ1v) is 5.58. The normalized spacial score (nSPS) is 27.5. The first-order chi connectivity index (χ1) is 6.85. The fraction of sp³-hybridized carbons (Fsp3) is 0.909. The van der Waals surface area contributed by atoms with Crippen molar-refractivity contribution in [3.05, 3.63) is 0 Å². The smallest absolute Gasteiger partial charge is 0.239 e. The van der Waals surface area contributed by atoms with Gasteiger partial charge < -0.3 is 15.4 Å². The number of amides is 1. The van der Waals surface area contributed by atoms with Gasteiger partial charge in [-0.1, -0.05) is 6.92 Å². The van der Waals surface area contributed by atoms with E-state index in [1.54, 1.807) is 0 Å². The van der Waals surface area contributed by atoms with Gasteiger partial charge >= 0.3 is 0 Å². The molecule has 4 heteroatoms. The number of ether oxygens (including phenoxy) is 1. The summed E-state index contributed by atoms with van der Waals surface area (Å²) in [6, 6.07) is -0.369. The van der Waals surface area contributed by atoms with Crippen molar-refractivity contribution in [2.45, 2.75) is 51.9 Å². The van der Waals surface area contributed by atoms with Crippen LogP contribution < -0.4 is 5.73 Å². The maximum absolute atomic E-state index is 11.9. The van der Waals surface area contributed by atoms with Crippen molar-refractivity contribution in [2.24, 2.45) is 5.73 Å². The molecule has 1 aliphatic heterocycles. The standard InChI is InChI=1S/C11H22N2O2/c1-5-9(12)10(14)13-6-8(2)15-11(3,4)7-13/h8-9H,5-7,12H2,1-4H3/t8?,9-/m1/s1. The van der Waals surface area contributed by atoms with Crippen LogP contribution in [0.3, 0.4) is 0 Å². The van der Waals surface area contributed by atoms with Gasteiger partial charge in [0.15, 0.2) is 0 Å². The lowest BCUT2D eigenvalue weighted by Crippen LogP contribution is -2.57. The SMILES string of the molecule is CC[C@@H](N)C(=O)N1CC(C)OC(C)(C)C1. The van der Waals surface area contributed by atoms with E-state index in [-0.39, 0.29) is 23.7 Å². The van der Waals surface area contributed by atoms with Crippen LogP contribution in [0.4, 0.5) is 0 Å². The summed E-state index contributed by atoms with van der Waals surface area (Å²) >= 11 is 0. The molecule has 88 valence electrons. The van der Waals surface area contributed by atoms with Crippen LogP contribution in [-0.2, 0) is 9.53 Å². The van der Waals surface area contributed by atoms with Crippen molar-refractivity contribution in [3.8, 4) is 0 Å². The van der Waals surface area contributed by atoms with E-state index in [9.17, 15) is 4.79 Å². The van der Waals surface area contributed by atoms with E-state index in [1.165, 1.54) is 0 Å². The number of carbonyl (C=O) groups is 1. The predicted octanol–water partition coefficient (Wildman–Crippen LogP) is 0.750. The molecular weight excluding hydrogens is 192 g/mol. The topological polar surface area (TPSA) is 55.6 Å². The molecule has 1 amide bonds. The van der Waals surface area contributed by atoms with Crippen LogP contribution in [-0.4, -0.2) is 41.6 Å². The molecule has 1 unspecified atom stereocenters. The third-order valence-corrected chi connectivity index (χ3v) is 2.64. The third kappa shape index (κ3) is 3.18. The molecule has 15 heavy (non-hydrogen) atoms. The van der Waals surface area contributed by atoms with Gasteiger partial charge in [0.2, 0.25) is 5.91 Å². The van der Waals surface area contributed by atoms with Gasteiger partial charge in [-0.25, -0.2) is 0 Å². The Morgan fingerprint density at radius 1 is 1.67 bits per heavy atom. The number of carbonyl (C=O) groups excluding carboxylic acids is 1. The first kappa shape index (κ1) is 12.5. The summed E-state index contributed by atoms with van der Waals surface area (Å²) in [5, 5.41) is 0. The lowest BCUT2D eigenvalue weighted by molar-refractivity contribution is -0.159. The molecule has 0 aromatic rings. The molecule has 2 atom stereocenters. The highest BCUT2D eigenvalue weighted by Crippen LogP contribution is 2.21. The number of morpholine rings is 1. The number of nitrogens with zero attached hydrogens (tertiary/aromatic N) is 1. The summed E-state index contributed by atoms with van der Waals surface area (Å²) in [5.41, 5.74) is 5.49. The largest absolute Gasteiger partial charge is 0.369 e.